The van der Waals surface area contributed by atoms with Gasteiger partial charge >= 0.3 is 5.97 Å². The average molecular weight is 456 g/mol. The molecule has 1 N–H and O–H groups in total. The number of hydrogen-bond donors (Lipinski definition) is 1. The van der Waals surface area contributed by atoms with E-state index >= 15 is 0 Å². The number of carboxylic acids is 2. The van der Waals surface area contributed by atoms with Gasteiger partial charge in [0, 0.05) is 0 Å². The van der Waals surface area contributed by atoms with Crippen molar-refractivity contribution in [2.45, 2.75) is 148 Å². The second-order valence-corrected chi connectivity index (χ2v) is 10.6. The van der Waals surface area contributed by atoms with Crippen molar-refractivity contribution in [2.24, 2.45) is 0 Å². The summed E-state index contributed by atoms with van der Waals surface area (Å²) in [5, 5.41) is 20.9. The van der Waals surface area contributed by atoms with Crippen LogP contribution in [0.15, 0.2) is 0 Å². The molecule has 0 aliphatic heterocycles. The normalized spacial score (nSPS) is 14.8. The molecule has 0 aromatic rings. The van der Waals surface area contributed by atoms with Gasteiger partial charge in [-0.2, -0.15) is 0 Å². The number of carbonyl (C=O) groups is 2. The highest BCUT2D eigenvalue weighted by atomic mass is 16.4. The molecule has 0 aliphatic carbocycles. The molecule has 0 amide bonds. The van der Waals surface area contributed by atoms with Crippen LogP contribution in [-0.2, 0) is 9.59 Å². The number of carboxylic acid groups (broad SMARTS) is 2. The van der Waals surface area contributed by atoms with E-state index in [2.05, 4.69) is 6.92 Å². The Hall–Kier alpha value is -1.10. The van der Waals surface area contributed by atoms with Crippen molar-refractivity contribution in [3.05, 3.63) is 0 Å². The molecule has 0 aliphatic rings. The Morgan fingerprint density at radius 2 is 1.12 bits per heavy atom. The second kappa shape index (κ2) is 17.4. The summed E-state index contributed by atoms with van der Waals surface area (Å²) in [5.41, 5.74) is -1.43. The summed E-state index contributed by atoms with van der Waals surface area (Å²) in [4.78, 5) is 22.9. The van der Waals surface area contributed by atoms with Gasteiger partial charge in [-0.25, -0.2) is 0 Å². The molecule has 32 heavy (non-hydrogen) atoms. The minimum absolute atomic E-state index is 0.0592. The number of aliphatic carboxylic acids is 2. The van der Waals surface area contributed by atoms with Crippen molar-refractivity contribution in [2.75, 3.05) is 14.1 Å². The van der Waals surface area contributed by atoms with E-state index in [1.165, 1.54) is 96.8 Å². The first-order valence-electron chi connectivity index (χ1n) is 13.4. The number of hydrogen-bond acceptors (Lipinski definition) is 3. The van der Waals surface area contributed by atoms with Gasteiger partial charge in [0.2, 0.25) is 0 Å². The van der Waals surface area contributed by atoms with Gasteiger partial charge in [0.15, 0.2) is 0 Å². The van der Waals surface area contributed by atoms with Crippen LogP contribution in [0.2, 0.25) is 0 Å². The number of carbonyl (C=O) groups excluding carboxylic acids is 1. The van der Waals surface area contributed by atoms with E-state index < -0.39 is 23.9 Å². The zero-order valence-electron chi connectivity index (χ0n) is 21.9. The number of rotatable bonds is 22. The number of nitrogens with zero attached hydrogens (tertiary/aromatic N) is 1. The highest BCUT2D eigenvalue weighted by Gasteiger charge is 2.47. The van der Waals surface area contributed by atoms with E-state index in [0.717, 1.165) is 19.3 Å². The lowest BCUT2D eigenvalue weighted by atomic mass is 9.90. The summed E-state index contributed by atoms with van der Waals surface area (Å²) >= 11 is 0. The SMILES string of the molecule is CCCCCCCCCCCCCCCCCCC(C)[N+](C)(C)C(C)(CC(=O)O)C(=O)[O-]. The molecule has 2 unspecified atom stereocenters. The summed E-state index contributed by atoms with van der Waals surface area (Å²) in [5.74, 6) is -2.39. The molecule has 0 heterocycles. The molecule has 0 rings (SSSR count). The molecule has 0 spiro atoms. The third-order valence-corrected chi connectivity index (χ3v) is 7.78. The molecular weight excluding hydrogens is 402 g/mol. The van der Waals surface area contributed by atoms with Gasteiger partial charge in [0.05, 0.1) is 20.1 Å². The van der Waals surface area contributed by atoms with Crippen molar-refractivity contribution in [1.29, 1.82) is 0 Å². The molecule has 5 nitrogen and oxygen atoms in total. The minimum atomic E-state index is -1.43. The largest absolute Gasteiger partial charge is 0.544 e. The van der Waals surface area contributed by atoms with E-state index in [4.69, 9.17) is 5.11 Å². The lowest BCUT2D eigenvalue weighted by molar-refractivity contribution is -0.953. The molecule has 0 saturated heterocycles. The van der Waals surface area contributed by atoms with Gasteiger partial charge in [-0.1, -0.05) is 103 Å². The summed E-state index contributed by atoms with van der Waals surface area (Å²) in [6, 6.07) is 0.0592. The van der Waals surface area contributed by atoms with Crippen LogP contribution < -0.4 is 5.11 Å². The van der Waals surface area contributed by atoms with Crippen molar-refractivity contribution >= 4 is 11.9 Å². The average Bonchev–Trinajstić information content (AvgIpc) is 2.72. The molecule has 5 heteroatoms. The maximum atomic E-state index is 11.7. The molecule has 0 aromatic carbocycles. The van der Waals surface area contributed by atoms with E-state index in [1.54, 1.807) is 0 Å². The van der Waals surface area contributed by atoms with E-state index in [0.29, 0.717) is 0 Å². The first-order chi connectivity index (χ1) is 15.1. The Kier molecular flexibility index (Phi) is 16.8. The van der Waals surface area contributed by atoms with E-state index in [9.17, 15) is 14.7 Å². The lowest BCUT2D eigenvalue weighted by Crippen LogP contribution is -2.69. The topological polar surface area (TPSA) is 77.4 Å². The summed E-state index contributed by atoms with van der Waals surface area (Å²) < 4.78 is 0.125. The van der Waals surface area contributed by atoms with Crippen molar-refractivity contribution in [3.8, 4) is 0 Å². The molecule has 190 valence electrons. The van der Waals surface area contributed by atoms with E-state index in [1.807, 2.05) is 21.0 Å². The summed E-state index contributed by atoms with van der Waals surface area (Å²) in [6.07, 6.45) is 21.8. The van der Waals surface area contributed by atoms with Crippen LogP contribution in [0.5, 0.6) is 0 Å². The number of quaternary nitrogens is 1. The maximum absolute atomic E-state index is 11.7. The lowest BCUT2D eigenvalue weighted by Gasteiger charge is -2.50. The smallest absolute Gasteiger partial charge is 0.310 e. The molecule has 0 saturated carbocycles. The van der Waals surface area contributed by atoms with Crippen LogP contribution >= 0.6 is 0 Å². The van der Waals surface area contributed by atoms with Crippen LogP contribution in [-0.4, -0.2) is 47.2 Å². The predicted molar refractivity (Wildman–Crippen MR) is 131 cm³/mol. The fraction of sp³-hybridized carbons (Fsp3) is 0.926. The third kappa shape index (κ3) is 12.2. The first kappa shape index (κ1) is 30.9. The quantitative estimate of drug-likeness (QED) is 0.158. The summed E-state index contributed by atoms with van der Waals surface area (Å²) in [7, 11) is 3.63. The molecule has 0 bridgehead atoms. The molecule has 0 fully saturated rings. The van der Waals surface area contributed by atoms with Gasteiger partial charge in [-0.15, -0.1) is 0 Å². The van der Waals surface area contributed by atoms with Crippen molar-refractivity contribution in [1.82, 2.24) is 0 Å². The molecule has 0 aromatic heterocycles. The van der Waals surface area contributed by atoms with Crippen LogP contribution in [0.4, 0.5) is 0 Å². The molecular formula is C27H53NO4. The van der Waals surface area contributed by atoms with E-state index in [-0.39, 0.29) is 10.5 Å². The minimum Gasteiger partial charge on any atom is -0.544 e. The predicted octanol–water partition coefficient (Wildman–Crippen LogP) is 6.09. The van der Waals surface area contributed by atoms with Crippen molar-refractivity contribution in [3.63, 3.8) is 0 Å². The van der Waals surface area contributed by atoms with Crippen LogP contribution in [0, 0.1) is 0 Å². The fourth-order valence-corrected chi connectivity index (χ4v) is 4.60. The highest BCUT2D eigenvalue weighted by Crippen LogP contribution is 2.30. The second-order valence-electron chi connectivity index (χ2n) is 10.6. The fourth-order valence-electron chi connectivity index (χ4n) is 4.60. The number of likely N-dealkylation sites (N-methyl/N-ethyl adjacent to an activating group) is 1. The monoisotopic (exact) mass is 455 g/mol. The standard InChI is InChI=1S/C27H53NO4/c1-6-7-8-9-10-11-12-13-14-15-16-17-18-19-20-21-22-24(2)28(4,5)27(3,26(31)32)23-25(29)30/h24H,6-23H2,1-5H3,(H-,29,30,31,32). The van der Waals surface area contributed by atoms with Crippen LogP contribution in [0.1, 0.15) is 136 Å². The Morgan fingerprint density at radius 1 is 0.781 bits per heavy atom. The number of unbranched alkanes of at least 4 members (excludes halogenated alkanes) is 15. The van der Waals surface area contributed by atoms with Gasteiger partial charge in [0.25, 0.3) is 0 Å². The first-order valence-corrected chi connectivity index (χ1v) is 13.4. The van der Waals surface area contributed by atoms with Gasteiger partial charge < -0.3 is 19.5 Å². The third-order valence-electron chi connectivity index (χ3n) is 7.78. The Balaban J connectivity index is 3.81. The Bertz CT molecular complexity index is 506. The molecule has 2 atom stereocenters. The zero-order chi connectivity index (χ0) is 24.5. The highest BCUT2D eigenvalue weighted by molar-refractivity contribution is 5.82. The van der Waals surface area contributed by atoms with Crippen LogP contribution in [0.25, 0.3) is 0 Å². The summed E-state index contributed by atoms with van der Waals surface area (Å²) in [6.45, 7) is 5.79. The molecule has 0 radical (unpaired) electrons. The zero-order valence-corrected chi connectivity index (χ0v) is 21.9. The van der Waals surface area contributed by atoms with Crippen molar-refractivity contribution < 1.29 is 24.3 Å². The van der Waals surface area contributed by atoms with Gasteiger partial charge in [-0.05, 0) is 26.7 Å². The van der Waals surface area contributed by atoms with Gasteiger partial charge in [0.1, 0.15) is 17.9 Å². The van der Waals surface area contributed by atoms with Crippen LogP contribution in [0.3, 0.4) is 0 Å². The Morgan fingerprint density at radius 3 is 1.44 bits per heavy atom. The Labute approximate surface area is 198 Å². The maximum Gasteiger partial charge on any atom is 0.310 e. The van der Waals surface area contributed by atoms with Gasteiger partial charge in [-0.3, -0.25) is 4.79 Å².